The van der Waals surface area contributed by atoms with E-state index in [1.165, 1.54) is 0 Å². The number of alkyl halides is 2. The van der Waals surface area contributed by atoms with Gasteiger partial charge in [-0.25, -0.2) is 13.5 Å². The van der Waals surface area contributed by atoms with Crippen LogP contribution >= 0.6 is 0 Å². The lowest BCUT2D eigenvalue weighted by Gasteiger charge is -2.23. The van der Waals surface area contributed by atoms with Crippen LogP contribution in [0.3, 0.4) is 0 Å². The molecule has 0 bridgehead atoms. The van der Waals surface area contributed by atoms with Crippen molar-refractivity contribution in [2.75, 3.05) is 7.05 Å². The van der Waals surface area contributed by atoms with Crippen molar-refractivity contribution in [1.29, 1.82) is 0 Å². The first kappa shape index (κ1) is 13.4. The fourth-order valence-corrected chi connectivity index (χ4v) is 2.79. The topological polar surface area (TPSA) is 42.7 Å². The van der Waals surface area contributed by atoms with E-state index in [2.05, 4.69) is 22.6 Å². The second-order valence-electron chi connectivity index (χ2n) is 5.01. The highest BCUT2D eigenvalue weighted by atomic mass is 19.3. The number of aromatic nitrogens is 3. The highest BCUT2D eigenvalue weighted by Crippen LogP contribution is 2.44. The Balaban J connectivity index is 2.15. The van der Waals surface area contributed by atoms with E-state index in [1.54, 1.807) is 6.20 Å². The minimum atomic E-state index is -2.51. The smallest absolute Gasteiger partial charge is 0.248 e. The molecule has 1 aromatic heterocycles. The van der Waals surface area contributed by atoms with Gasteiger partial charge in [0.1, 0.15) is 0 Å². The summed E-state index contributed by atoms with van der Waals surface area (Å²) in [5.74, 6) is -2.55. The SMILES string of the molecule is CCCn1nncc1C(NC)C1CCC(F)(F)C1. The van der Waals surface area contributed by atoms with Crippen LogP contribution < -0.4 is 5.32 Å². The molecule has 1 heterocycles. The summed E-state index contributed by atoms with van der Waals surface area (Å²) in [7, 11) is 1.81. The van der Waals surface area contributed by atoms with Crippen LogP contribution in [0.5, 0.6) is 0 Å². The Bertz CT molecular complexity index is 391. The molecule has 4 nitrogen and oxygen atoms in total. The van der Waals surface area contributed by atoms with Crippen LogP contribution in [0.4, 0.5) is 8.78 Å². The van der Waals surface area contributed by atoms with E-state index in [-0.39, 0.29) is 24.8 Å². The zero-order valence-electron chi connectivity index (χ0n) is 10.9. The fourth-order valence-electron chi connectivity index (χ4n) is 2.79. The maximum absolute atomic E-state index is 13.3. The predicted octanol–water partition coefficient (Wildman–Crippen LogP) is 2.38. The summed E-state index contributed by atoms with van der Waals surface area (Å²) in [6.07, 6.45) is 3.14. The largest absolute Gasteiger partial charge is 0.311 e. The van der Waals surface area contributed by atoms with Gasteiger partial charge in [0, 0.05) is 19.4 Å². The maximum Gasteiger partial charge on any atom is 0.248 e. The van der Waals surface area contributed by atoms with Gasteiger partial charge in [-0.1, -0.05) is 12.1 Å². The summed E-state index contributed by atoms with van der Waals surface area (Å²) in [6.45, 7) is 2.83. The van der Waals surface area contributed by atoms with Gasteiger partial charge in [-0.05, 0) is 25.8 Å². The van der Waals surface area contributed by atoms with Crippen LogP contribution in [0.2, 0.25) is 0 Å². The zero-order chi connectivity index (χ0) is 13.2. The molecule has 0 amide bonds. The van der Waals surface area contributed by atoms with Gasteiger partial charge in [-0.15, -0.1) is 5.10 Å². The van der Waals surface area contributed by atoms with E-state index in [4.69, 9.17) is 0 Å². The molecule has 6 heteroatoms. The van der Waals surface area contributed by atoms with Gasteiger partial charge in [0.05, 0.1) is 17.9 Å². The van der Waals surface area contributed by atoms with Gasteiger partial charge >= 0.3 is 0 Å². The first-order chi connectivity index (χ1) is 8.57. The van der Waals surface area contributed by atoms with Gasteiger partial charge in [0.15, 0.2) is 0 Å². The number of nitrogens with one attached hydrogen (secondary N) is 1. The van der Waals surface area contributed by atoms with Crippen LogP contribution in [0.25, 0.3) is 0 Å². The quantitative estimate of drug-likeness (QED) is 0.881. The molecule has 1 fully saturated rings. The molecule has 1 aliphatic rings. The van der Waals surface area contributed by atoms with E-state index in [0.717, 1.165) is 18.7 Å². The van der Waals surface area contributed by atoms with Gasteiger partial charge in [-0.3, -0.25) is 0 Å². The average molecular weight is 258 g/mol. The summed E-state index contributed by atoms with van der Waals surface area (Å²) < 4.78 is 28.4. The molecule has 2 unspecified atom stereocenters. The summed E-state index contributed by atoms with van der Waals surface area (Å²) in [6, 6.07) is -0.0834. The van der Waals surface area contributed by atoms with Crippen molar-refractivity contribution in [1.82, 2.24) is 20.3 Å². The molecular formula is C12H20F2N4. The van der Waals surface area contributed by atoms with Crippen molar-refractivity contribution < 1.29 is 8.78 Å². The Morgan fingerprint density at radius 3 is 2.94 bits per heavy atom. The molecule has 1 N–H and O–H groups in total. The molecule has 102 valence electrons. The number of hydrogen-bond acceptors (Lipinski definition) is 3. The molecule has 1 aliphatic carbocycles. The van der Waals surface area contributed by atoms with Crippen molar-refractivity contribution in [3.8, 4) is 0 Å². The summed E-state index contributed by atoms with van der Waals surface area (Å²) >= 11 is 0. The lowest BCUT2D eigenvalue weighted by atomic mass is 9.95. The Morgan fingerprint density at radius 1 is 1.61 bits per heavy atom. The summed E-state index contributed by atoms with van der Waals surface area (Å²) in [5, 5.41) is 11.1. The van der Waals surface area contributed by atoms with E-state index < -0.39 is 5.92 Å². The molecule has 0 aliphatic heterocycles. The van der Waals surface area contributed by atoms with Crippen LogP contribution in [0.1, 0.15) is 44.3 Å². The zero-order valence-corrected chi connectivity index (χ0v) is 10.9. The standard InChI is InChI=1S/C12H20F2N4/c1-3-6-18-10(8-16-17-18)11(15-2)9-4-5-12(13,14)7-9/h8-9,11,15H,3-7H2,1-2H3. The highest BCUT2D eigenvalue weighted by Gasteiger charge is 2.43. The monoisotopic (exact) mass is 258 g/mol. The van der Waals surface area contributed by atoms with Crippen molar-refractivity contribution in [2.24, 2.45) is 5.92 Å². The van der Waals surface area contributed by atoms with Crippen molar-refractivity contribution in [3.05, 3.63) is 11.9 Å². The van der Waals surface area contributed by atoms with Gasteiger partial charge in [-0.2, -0.15) is 0 Å². The average Bonchev–Trinajstić information content (AvgIpc) is 2.89. The Morgan fingerprint density at radius 2 is 2.39 bits per heavy atom. The van der Waals surface area contributed by atoms with Gasteiger partial charge in [0.2, 0.25) is 5.92 Å². The minimum Gasteiger partial charge on any atom is -0.311 e. The number of halogens is 2. The van der Waals surface area contributed by atoms with E-state index >= 15 is 0 Å². The van der Waals surface area contributed by atoms with E-state index in [9.17, 15) is 8.78 Å². The third kappa shape index (κ3) is 2.68. The molecule has 2 atom stereocenters. The summed E-state index contributed by atoms with van der Waals surface area (Å²) in [4.78, 5) is 0. The first-order valence-electron chi connectivity index (χ1n) is 6.51. The van der Waals surface area contributed by atoms with Gasteiger partial charge < -0.3 is 5.32 Å². The Hall–Kier alpha value is -1.04. The predicted molar refractivity (Wildman–Crippen MR) is 64.4 cm³/mol. The fraction of sp³-hybridized carbons (Fsp3) is 0.833. The van der Waals surface area contributed by atoms with E-state index in [1.807, 2.05) is 11.7 Å². The maximum atomic E-state index is 13.3. The second-order valence-corrected chi connectivity index (χ2v) is 5.01. The molecule has 0 spiro atoms. The molecule has 0 aromatic carbocycles. The number of rotatable bonds is 5. The second kappa shape index (κ2) is 5.30. The van der Waals surface area contributed by atoms with Crippen LogP contribution in [-0.4, -0.2) is 28.0 Å². The molecule has 1 saturated carbocycles. The lowest BCUT2D eigenvalue weighted by Crippen LogP contribution is -2.27. The molecule has 1 aromatic rings. The number of aryl methyl sites for hydroxylation is 1. The Kier molecular flexibility index (Phi) is 3.94. The molecule has 2 rings (SSSR count). The highest BCUT2D eigenvalue weighted by molar-refractivity contribution is 5.06. The van der Waals surface area contributed by atoms with Crippen LogP contribution in [-0.2, 0) is 6.54 Å². The molecule has 0 saturated heterocycles. The number of hydrogen-bond donors (Lipinski definition) is 1. The summed E-state index contributed by atoms with van der Waals surface area (Å²) in [5.41, 5.74) is 0.919. The third-order valence-electron chi connectivity index (χ3n) is 3.63. The van der Waals surface area contributed by atoms with Gasteiger partial charge in [0.25, 0.3) is 0 Å². The van der Waals surface area contributed by atoms with E-state index in [0.29, 0.717) is 6.42 Å². The lowest BCUT2D eigenvalue weighted by molar-refractivity contribution is 0.00325. The third-order valence-corrected chi connectivity index (χ3v) is 3.63. The van der Waals surface area contributed by atoms with Crippen LogP contribution in [0, 0.1) is 5.92 Å². The van der Waals surface area contributed by atoms with Crippen molar-refractivity contribution >= 4 is 0 Å². The Labute approximate surface area is 106 Å². The molecular weight excluding hydrogens is 238 g/mol. The normalized spacial score (nSPS) is 24.3. The van der Waals surface area contributed by atoms with Crippen molar-refractivity contribution in [2.45, 2.75) is 51.1 Å². The van der Waals surface area contributed by atoms with Crippen LogP contribution in [0.15, 0.2) is 6.20 Å². The first-order valence-corrected chi connectivity index (χ1v) is 6.51. The van der Waals surface area contributed by atoms with Crippen molar-refractivity contribution in [3.63, 3.8) is 0 Å². The number of nitrogens with zero attached hydrogens (tertiary/aromatic N) is 3. The molecule has 18 heavy (non-hydrogen) atoms. The minimum absolute atomic E-state index is 0.00874. The molecule has 0 radical (unpaired) electrons.